The lowest BCUT2D eigenvalue weighted by Gasteiger charge is -2.31. The van der Waals surface area contributed by atoms with Crippen molar-refractivity contribution >= 4 is 5.91 Å². The van der Waals surface area contributed by atoms with E-state index in [4.69, 9.17) is 5.84 Å². The van der Waals surface area contributed by atoms with Gasteiger partial charge in [0.1, 0.15) is 5.82 Å². The number of rotatable bonds is 3. The molecule has 0 saturated carbocycles. The average Bonchev–Trinajstić information content (AvgIpc) is 2.70. The van der Waals surface area contributed by atoms with Gasteiger partial charge in [0.25, 0.3) is 5.91 Å². The number of likely N-dealkylation sites (tertiary alicyclic amines) is 1. The first-order chi connectivity index (χ1) is 8.94. The van der Waals surface area contributed by atoms with Gasteiger partial charge in [0, 0.05) is 23.2 Å². The van der Waals surface area contributed by atoms with Gasteiger partial charge < -0.3 is 0 Å². The third-order valence-electron chi connectivity index (χ3n) is 3.87. The molecule has 0 aliphatic carbocycles. The van der Waals surface area contributed by atoms with Gasteiger partial charge >= 0.3 is 0 Å². The SMILES string of the molecule is CC1(C)CCCN1Cc1cc(C(=O)NN)ccc1F. The largest absolute Gasteiger partial charge is 0.294 e. The lowest BCUT2D eigenvalue weighted by molar-refractivity contribution is 0.0953. The Hall–Kier alpha value is -1.46. The van der Waals surface area contributed by atoms with E-state index in [0.717, 1.165) is 19.4 Å². The number of amides is 1. The molecule has 104 valence electrons. The van der Waals surface area contributed by atoms with Crippen LogP contribution in [0.3, 0.4) is 0 Å². The summed E-state index contributed by atoms with van der Waals surface area (Å²) in [5.74, 6) is 4.41. The summed E-state index contributed by atoms with van der Waals surface area (Å²) in [4.78, 5) is 13.7. The summed E-state index contributed by atoms with van der Waals surface area (Å²) in [5, 5.41) is 0. The summed E-state index contributed by atoms with van der Waals surface area (Å²) in [5.41, 5.74) is 3.07. The first kappa shape index (κ1) is 14.0. The Morgan fingerprint density at radius 1 is 1.53 bits per heavy atom. The predicted octanol–water partition coefficient (Wildman–Crippen LogP) is 1.80. The quantitative estimate of drug-likeness (QED) is 0.498. The van der Waals surface area contributed by atoms with Crippen LogP contribution in [0.5, 0.6) is 0 Å². The van der Waals surface area contributed by atoms with Gasteiger partial charge in [-0.2, -0.15) is 0 Å². The minimum Gasteiger partial charge on any atom is -0.294 e. The standard InChI is InChI=1S/C14H20FN3O/c1-14(2)6-3-7-18(14)9-11-8-10(13(19)17-16)4-5-12(11)15/h4-5,8H,3,6-7,9,16H2,1-2H3,(H,17,19). The highest BCUT2D eigenvalue weighted by molar-refractivity contribution is 5.93. The number of nitrogens with two attached hydrogens (primary N) is 1. The van der Waals surface area contributed by atoms with Crippen LogP contribution in [0.1, 0.15) is 42.6 Å². The van der Waals surface area contributed by atoms with Crippen LogP contribution >= 0.6 is 0 Å². The third-order valence-corrected chi connectivity index (χ3v) is 3.87. The molecule has 1 heterocycles. The summed E-state index contributed by atoms with van der Waals surface area (Å²) in [6, 6.07) is 4.34. The van der Waals surface area contributed by atoms with E-state index in [9.17, 15) is 9.18 Å². The zero-order valence-electron chi connectivity index (χ0n) is 11.4. The molecule has 1 aliphatic heterocycles. The number of halogens is 1. The number of nitrogens with zero attached hydrogens (tertiary/aromatic N) is 1. The molecule has 19 heavy (non-hydrogen) atoms. The minimum absolute atomic E-state index is 0.0819. The van der Waals surface area contributed by atoms with Crippen molar-refractivity contribution in [3.05, 3.63) is 35.1 Å². The number of hydrazine groups is 1. The van der Waals surface area contributed by atoms with Gasteiger partial charge in [0.15, 0.2) is 0 Å². The van der Waals surface area contributed by atoms with Crippen molar-refractivity contribution in [2.45, 2.75) is 38.8 Å². The fraction of sp³-hybridized carbons (Fsp3) is 0.500. The highest BCUT2D eigenvalue weighted by atomic mass is 19.1. The van der Waals surface area contributed by atoms with Crippen molar-refractivity contribution in [2.75, 3.05) is 6.54 Å². The minimum atomic E-state index is -0.401. The first-order valence-corrected chi connectivity index (χ1v) is 6.48. The predicted molar refractivity (Wildman–Crippen MR) is 71.8 cm³/mol. The number of nitrogen functional groups attached to an aromatic ring is 1. The zero-order chi connectivity index (χ0) is 14.0. The van der Waals surface area contributed by atoms with Crippen molar-refractivity contribution in [3.8, 4) is 0 Å². The smallest absolute Gasteiger partial charge is 0.265 e. The molecule has 0 unspecified atom stereocenters. The Kier molecular flexibility index (Phi) is 3.87. The number of carbonyl (C=O) groups is 1. The second-order valence-corrected chi connectivity index (χ2v) is 5.62. The summed E-state index contributed by atoms with van der Waals surface area (Å²) in [6.07, 6.45) is 2.23. The molecule has 0 aromatic heterocycles. The molecule has 5 heteroatoms. The lowest BCUT2D eigenvalue weighted by atomic mass is 10.0. The van der Waals surface area contributed by atoms with E-state index in [1.165, 1.54) is 12.1 Å². The van der Waals surface area contributed by atoms with Crippen molar-refractivity contribution in [1.82, 2.24) is 10.3 Å². The van der Waals surface area contributed by atoms with Gasteiger partial charge in [0.2, 0.25) is 0 Å². The summed E-state index contributed by atoms with van der Waals surface area (Å²) in [7, 11) is 0. The van der Waals surface area contributed by atoms with Gasteiger partial charge in [-0.05, 0) is 51.4 Å². The van der Waals surface area contributed by atoms with Crippen LogP contribution in [0.4, 0.5) is 4.39 Å². The van der Waals surface area contributed by atoms with Crippen molar-refractivity contribution < 1.29 is 9.18 Å². The average molecular weight is 265 g/mol. The number of nitrogens with one attached hydrogen (secondary N) is 1. The topological polar surface area (TPSA) is 58.4 Å². The van der Waals surface area contributed by atoms with Crippen LogP contribution < -0.4 is 11.3 Å². The van der Waals surface area contributed by atoms with Gasteiger partial charge in [-0.15, -0.1) is 0 Å². The maximum absolute atomic E-state index is 13.9. The molecule has 0 atom stereocenters. The Morgan fingerprint density at radius 2 is 2.26 bits per heavy atom. The molecule has 1 aromatic carbocycles. The summed E-state index contributed by atoms with van der Waals surface area (Å²) < 4.78 is 13.9. The van der Waals surface area contributed by atoms with E-state index in [0.29, 0.717) is 17.7 Å². The molecule has 1 saturated heterocycles. The number of hydrogen-bond donors (Lipinski definition) is 2. The molecule has 1 aliphatic rings. The van der Waals surface area contributed by atoms with Crippen molar-refractivity contribution in [2.24, 2.45) is 5.84 Å². The molecule has 0 radical (unpaired) electrons. The first-order valence-electron chi connectivity index (χ1n) is 6.48. The molecule has 0 bridgehead atoms. The van der Waals surface area contributed by atoms with Gasteiger partial charge in [0.05, 0.1) is 0 Å². The van der Waals surface area contributed by atoms with Gasteiger partial charge in [-0.3, -0.25) is 15.1 Å². The zero-order valence-corrected chi connectivity index (χ0v) is 11.4. The van der Waals surface area contributed by atoms with E-state index in [1.54, 1.807) is 6.07 Å². The Balaban J connectivity index is 2.22. The molecule has 1 fully saturated rings. The van der Waals surface area contributed by atoms with Crippen LogP contribution in [0.25, 0.3) is 0 Å². The lowest BCUT2D eigenvalue weighted by Crippen LogP contribution is -2.37. The Labute approximate surface area is 112 Å². The van der Waals surface area contributed by atoms with E-state index in [-0.39, 0.29) is 11.4 Å². The van der Waals surface area contributed by atoms with E-state index >= 15 is 0 Å². The van der Waals surface area contributed by atoms with Gasteiger partial charge in [-0.25, -0.2) is 10.2 Å². The summed E-state index contributed by atoms with van der Waals surface area (Å²) >= 11 is 0. The molecular formula is C14H20FN3O. The summed E-state index contributed by atoms with van der Waals surface area (Å²) in [6.45, 7) is 5.80. The molecule has 1 aromatic rings. The second kappa shape index (κ2) is 5.27. The number of benzene rings is 1. The molecule has 1 amide bonds. The highest BCUT2D eigenvalue weighted by Gasteiger charge is 2.32. The van der Waals surface area contributed by atoms with Crippen LogP contribution in [-0.4, -0.2) is 22.9 Å². The molecular weight excluding hydrogens is 245 g/mol. The molecule has 4 nitrogen and oxygen atoms in total. The fourth-order valence-electron chi connectivity index (χ4n) is 2.58. The normalized spacial score (nSPS) is 18.5. The second-order valence-electron chi connectivity index (χ2n) is 5.62. The maximum Gasteiger partial charge on any atom is 0.265 e. The van der Waals surface area contributed by atoms with Crippen LogP contribution in [0, 0.1) is 5.82 Å². The van der Waals surface area contributed by atoms with E-state index in [2.05, 4.69) is 24.2 Å². The monoisotopic (exact) mass is 265 g/mol. The molecule has 2 rings (SSSR count). The molecule has 3 N–H and O–H groups in total. The van der Waals surface area contributed by atoms with Crippen LogP contribution in [0.2, 0.25) is 0 Å². The van der Waals surface area contributed by atoms with Crippen molar-refractivity contribution in [1.29, 1.82) is 0 Å². The van der Waals surface area contributed by atoms with Crippen molar-refractivity contribution in [3.63, 3.8) is 0 Å². The third kappa shape index (κ3) is 2.93. The number of carbonyl (C=O) groups excluding carboxylic acids is 1. The maximum atomic E-state index is 13.9. The number of hydrogen-bond acceptors (Lipinski definition) is 3. The van der Waals surface area contributed by atoms with Gasteiger partial charge in [-0.1, -0.05) is 0 Å². The van der Waals surface area contributed by atoms with E-state index < -0.39 is 5.91 Å². The fourth-order valence-corrected chi connectivity index (χ4v) is 2.58. The molecule has 0 spiro atoms. The Bertz CT molecular complexity index is 488. The van der Waals surface area contributed by atoms with Crippen LogP contribution in [0.15, 0.2) is 18.2 Å². The van der Waals surface area contributed by atoms with E-state index in [1.807, 2.05) is 0 Å². The van der Waals surface area contributed by atoms with Crippen LogP contribution in [-0.2, 0) is 6.54 Å². The highest BCUT2D eigenvalue weighted by Crippen LogP contribution is 2.30. The Morgan fingerprint density at radius 3 is 2.84 bits per heavy atom.